The van der Waals surface area contributed by atoms with Crippen LogP contribution >= 0.6 is 0 Å². The molecule has 102 valence electrons. The van der Waals surface area contributed by atoms with Crippen LogP contribution in [0.25, 0.3) is 0 Å². The highest BCUT2D eigenvalue weighted by Gasteiger charge is 2.14. The zero-order valence-electron chi connectivity index (χ0n) is 11.3. The van der Waals surface area contributed by atoms with Crippen molar-refractivity contribution in [3.05, 3.63) is 18.7 Å². The number of nitrogens with one attached hydrogen (secondary N) is 1. The molecular formula is C12H17N5O2. The molecule has 0 atom stereocenters. The Kier molecular flexibility index (Phi) is 4.17. The largest absolute Gasteiger partial charge is 0.489 e. The summed E-state index contributed by atoms with van der Waals surface area (Å²) in [6.07, 6.45) is 4.87. The Labute approximate surface area is 111 Å². The maximum Gasteiger partial charge on any atom is 0.268 e. The van der Waals surface area contributed by atoms with Gasteiger partial charge in [0.25, 0.3) is 5.88 Å². The Hall–Kier alpha value is -2.31. The third-order valence-electron chi connectivity index (χ3n) is 2.47. The van der Waals surface area contributed by atoms with Crippen LogP contribution in [-0.4, -0.2) is 33.4 Å². The highest BCUT2D eigenvalue weighted by molar-refractivity contribution is 5.55. The quantitative estimate of drug-likeness (QED) is 0.858. The van der Waals surface area contributed by atoms with Gasteiger partial charge in [0.05, 0.1) is 19.5 Å². The lowest BCUT2D eigenvalue weighted by Gasteiger charge is -2.11. The third kappa shape index (κ3) is 2.93. The lowest BCUT2D eigenvalue weighted by molar-refractivity contribution is 0.369. The first-order valence-electron chi connectivity index (χ1n) is 6.11. The fourth-order valence-corrected chi connectivity index (χ4v) is 1.59. The third-order valence-corrected chi connectivity index (χ3v) is 2.47. The van der Waals surface area contributed by atoms with Crippen LogP contribution in [0.1, 0.15) is 13.8 Å². The van der Waals surface area contributed by atoms with Crippen LogP contribution in [0.2, 0.25) is 0 Å². The van der Waals surface area contributed by atoms with E-state index in [1.807, 2.05) is 13.8 Å². The topological polar surface area (TPSA) is 74.1 Å². The van der Waals surface area contributed by atoms with Gasteiger partial charge in [-0.2, -0.15) is 10.1 Å². The minimum Gasteiger partial charge on any atom is -0.489 e. The van der Waals surface area contributed by atoms with Gasteiger partial charge in [-0.15, -0.1) is 0 Å². The van der Waals surface area contributed by atoms with E-state index in [-0.39, 0.29) is 0 Å². The van der Waals surface area contributed by atoms with Crippen LogP contribution in [0.4, 0.5) is 5.82 Å². The predicted octanol–water partition coefficient (Wildman–Crippen LogP) is 1.93. The van der Waals surface area contributed by atoms with E-state index in [2.05, 4.69) is 20.4 Å². The van der Waals surface area contributed by atoms with Crippen molar-refractivity contribution in [1.82, 2.24) is 19.7 Å². The lowest BCUT2D eigenvalue weighted by atomic mass is 10.4. The molecule has 2 aromatic heterocycles. The van der Waals surface area contributed by atoms with Gasteiger partial charge in [0, 0.05) is 13.1 Å². The average Bonchev–Trinajstić information content (AvgIpc) is 2.87. The van der Waals surface area contributed by atoms with Crippen molar-refractivity contribution >= 4 is 5.82 Å². The fraction of sp³-hybridized carbons (Fsp3) is 0.417. The molecule has 1 N–H and O–H groups in total. The van der Waals surface area contributed by atoms with Crippen molar-refractivity contribution in [3.63, 3.8) is 0 Å². The maximum atomic E-state index is 5.67. The average molecular weight is 263 g/mol. The molecule has 0 fully saturated rings. The van der Waals surface area contributed by atoms with Crippen molar-refractivity contribution in [2.75, 3.05) is 19.0 Å². The first-order valence-corrected chi connectivity index (χ1v) is 6.11. The van der Waals surface area contributed by atoms with Gasteiger partial charge in [0.15, 0.2) is 11.6 Å². The summed E-state index contributed by atoms with van der Waals surface area (Å²) in [6, 6.07) is 0. The van der Waals surface area contributed by atoms with Crippen LogP contribution < -0.4 is 14.8 Å². The van der Waals surface area contributed by atoms with E-state index in [0.717, 1.165) is 13.1 Å². The van der Waals surface area contributed by atoms with Crippen molar-refractivity contribution in [1.29, 1.82) is 0 Å². The van der Waals surface area contributed by atoms with E-state index in [4.69, 9.17) is 9.47 Å². The minimum atomic E-state index is 0.365. The number of nitrogens with zero attached hydrogens (tertiary/aromatic N) is 4. The number of aromatic nitrogens is 4. The second-order valence-electron chi connectivity index (χ2n) is 3.72. The summed E-state index contributed by atoms with van der Waals surface area (Å²) in [4.78, 5) is 8.20. The Bertz CT molecular complexity index is 541. The molecule has 7 nitrogen and oxygen atoms in total. The van der Waals surface area contributed by atoms with Gasteiger partial charge >= 0.3 is 0 Å². The molecule has 0 spiro atoms. The van der Waals surface area contributed by atoms with Gasteiger partial charge in [-0.1, -0.05) is 0 Å². The van der Waals surface area contributed by atoms with E-state index in [0.29, 0.717) is 23.2 Å². The number of anilines is 1. The maximum absolute atomic E-state index is 5.67. The Morgan fingerprint density at radius 2 is 2.16 bits per heavy atom. The molecule has 0 amide bonds. The van der Waals surface area contributed by atoms with E-state index >= 15 is 0 Å². The summed E-state index contributed by atoms with van der Waals surface area (Å²) in [6.45, 7) is 5.51. The number of methoxy groups -OCH3 is 1. The van der Waals surface area contributed by atoms with Gasteiger partial charge in [0.2, 0.25) is 5.75 Å². The van der Waals surface area contributed by atoms with E-state index in [1.54, 1.807) is 24.2 Å². The molecule has 2 heterocycles. The number of hydrogen-bond donors (Lipinski definition) is 1. The molecule has 0 aliphatic carbocycles. The molecule has 7 heteroatoms. The summed E-state index contributed by atoms with van der Waals surface area (Å²) in [5.74, 6) is 2.07. The second-order valence-corrected chi connectivity index (χ2v) is 3.72. The fourth-order valence-electron chi connectivity index (χ4n) is 1.59. The summed E-state index contributed by atoms with van der Waals surface area (Å²) >= 11 is 0. The van der Waals surface area contributed by atoms with Gasteiger partial charge < -0.3 is 14.8 Å². The molecule has 0 unspecified atom stereocenters. The van der Waals surface area contributed by atoms with Crippen molar-refractivity contribution in [2.45, 2.75) is 20.4 Å². The molecule has 0 saturated carbocycles. The van der Waals surface area contributed by atoms with Crippen LogP contribution in [0, 0.1) is 0 Å². The first-order chi connectivity index (χ1) is 9.28. The number of hydrogen-bond acceptors (Lipinski definition) is 6. The molecule has 2 aromatic rings. The zero-order valence-corrected chi connectivity index (χ0v) is 11.3. The van der Waals surface area contributed by atoms with Crippen LogP contribution in [0.15, 0.2) is 18.7 Å². The van der Waals surface area contributed by atoms with Crippen molar-refractivity contribution in [3.8, 4) is 17.4 Å². The molecule has 0 radical (unpaired) electrons. The Morgan fingerprint density at radius 3 is 2.79 bits per heavy atom. The lowest BCUT2D eigenvalue weighted by Crippen LogP contribution is -2.04. The van der Waals surface area contributed by atoms with E-state index in [1.165, 1.54) is 6.33 Å². The van der Waals surface area contributed by atoms with Gasteiger partial charge in [-0.25, -0.2) is 4.98 Å². The Morgan fingerprint density at radius 1 is 1.32 bits per heavy atom. The molecule has 0 aromatic carbocycles. The van der Waals surface area contributed by atoms with Gasteiger partial charge in [0.1, 0.15) is 6.33 Å². The molecule has 19 heavy (non-hydrogen) atoms. The second kappa shape index (κ2) is 6.03. The summed E-state index contributed by atoms with van der Waals surface area (Å²) in [5.41, 5.74) is 0. The minimum absolute atomic E-state index is 0.365. The highest BCUT2D eigenvalue weighted by Crippen LogP contribution is 2.33. The van der Waals surface area contributed by atoms with E-state index in [9.17, 15) is 0 Å². The van der Waals surface area contributed by atoms with Crippen LogP contribution in [-0.2, 0) is 6.54 Å². The predicted molar refractivity (Wildman–Crippen MR) is 70.7 cm³/mol. The van der Waals surface area contributed by atoms with E-state index < -0.39 is 0 Å². The number of rotatable bonds is 6. The Balaban J connectivity index is 2.26. The normalized spacial score (nSPS) is 10.3. The molecular weight excluding hydrogens is 246 g/mol. The standard InChI is InChI=1S/C12H17N5O2/c1-4-13-11-10(18-3)12(15-8-14-11)19-9-6-16-17(5-2)7-9/h6-8H,4-5H2,1-3H3,(H,13,14,15). The van der Waals surface area contributed by atoms with Gasteiger partial charge in [-0.3, -0.25) is 4.68 Å². The molecule has 0 bridgehead atoms. The number of ether oxygens (including phenoxy) is 2. The van der Waals surface area contributed by atoms with Gasteiger partial charge in [-0.05, 0) is 13.8 Å². The summed E-state index contributed by atoms with van der Waals surface area (Å²) in [5, 5.41) is 7.23. The summed E-state index contributed by atoms with van der Waals surface area (Å²) < 4.78 is 12.7. The molecule has 0 saturated heterocycles. The molecule has 2 rings (SSSR count). The van der Waals surface area contributed by atoms with Crippen molar-refractivity contribution in [2.24, 2.45) is 0 Å². The number of aryl methyl sites for hydroxylation is 1. The van der Waals surface area contributed by atoms with Crippen LogP contribution in [0.5, 0.6) is 17.4 Å². The highest BCUT2D eigenvalue weighted by atomic mass is 16.5. The van der Waals surface area contributed by atoms with Crippen LogP contribution in [0.3, 0.4) is 0 Å². The zero-order chi connectivity index (χ0) is 13.7. The smallest absolute Gasteiger partial charge is 0.268 e. The first kappa shape index (κ1) is 13.1. The van der Waals surface area contributed by atoms with Crippen molar-refractivity contribution < 1.29 is 9.47 Å². The molecule has 0 aliphatic heterocycles. The summed E-state index contributed by atoms with van der Waals surface area (Å²) in [7, 11) is 1.56. The monoisotopic (exact) mass is 263 g/mol. The SMILES string of the molecule is CCNc1ncnc(Oc2cnn(CC)c2)c1OC. The molecule has 0 aliphatic rings.